The molecule has 1 N–H and O–H groups in total. The van der Waals surface area contributed by atoms with Crippen molar-refractivity contribution in [1.29, 1.82) is 0 Å². The highest BCUT2D eigenvalue weighted by Crippen LogP contribution is 2.38. The van der Waals surface area contributed by atoms with Gasteiger partial charge in [-0.25, -0.2) is 9.37 Å². The molecule has 1 aliphatic heterocycles. The molecule has 41 heavy (non-hydrogen) atoms. The van der Waals surface area contributed by atoms with Gasteiger partial charge in [-0.2, -0.15) is 13.2 Å². The molecule has 0 radical (unpaired) electrons. The van der Waals surface area contributed by atoms with Gasteiger partial charge < -0.3 is 24.4 Å². The third kappa shape index (κ3) is 6.37. The number of benzene rings is 1. The van der Waals surface area contributed by atoms with Crippen LogP contribution in [0.1, 0.15) is 35.2 Å². The number of halogens is 4. The van der Waals surface area contributed by atoms with E-state index in [2.05, 4.69) is 10.3 Å². The maximum atomic E-state index is 15.6. The number of aryl methyl sites for hydroxylation is 1. The number of alkyl halides is 3. The molecule has 1 aromatic carbocycles. The fourth-order valence-electron chi connectivity index (χ4n) is 4.88. The first-order valence-electron chi connectivity index (χ1n) is 13.3. The van der Waals surface area contributed by atoms with E-state index in [1.807, 2.05) is 23.9 Å². The molecule has 0 spiro atoms. The summed E-state index contributed by atoms with van der Waals surface area (Å²) in [5.41, 5.74) is -1.95. The molecule has 3 heterocycles. The summed E-state index contributed by atoms with van der Waals surface area (Å²) in [6, 6.07) is 6.53. The van der Waals surface area contributed by atoms with E-state index in [0.29, 0.717) is 48.8 Å². The second-order valence-corrected chi connectivity index (χ2v) is 10.8. The maximum Gasteiger partial charge on any atom is 0.417 e. The molecule has 0 unspecified atom stereocenters. The number of hydrogen-bond donors (Lipinski definition) is 1. The molecule has 5 rings (SSSR count). The Morgan fingerprint density at radius 2 is 1.93 bits per heavy atom. The topological polar surface area (TPSA) is 79.7 Å². The zero-order valence-corrected chi connectivity index (χ0v) is 23.0. The number of rotatable bonds is 8. The van der Waals surface area contributed by atoms with E-state index in [1.165, 1.54) is 25.4 Å². The number of amides is 1. The summed E-state index contributed by atoms with van der Waals surface area (Å²) < 4.78 is 63.4. The Labute approximate surface area is 234 Å². The van der Waals surface area contributed by atoms with Crippen molar-refractivity contribution in [3.8, 4) is 17.0 Å². The SMILES string of the molecule is CN(C)[C@H]1CCN(c2cc(F)c(-c3ccc(OCC4CC4)nc3)cc2NC(=O)c2cn(C)c(=O)cc2C(F)(F)F)C1. The van der Waals surface area contributed by atoms with E-state index < -0.39 is 34.6 Å². The van der Waals surface area contributed by atoms with Gasteiger partial charge in [0.05, 0.1) is 29.1 Å². The molecular weight excluding hydrogens is 542 g/mol. The minimum Gasteiger partial charge on any atom is -0.477 e. The summed E-state index contributed by atoms with van der Waals surface area (Å²) in [4.78, 5) is 33.5. The van der Waals surface area contributed by atoms with Crippen molar-refractivity contribution in [2.75, 3.05) is 44.0 Å². The van der Waals surface area contributed by atoms with Crippen LogP contribution in [0.4, 0.5) is 28.9 Å². The van der Waals surface area contributed by atoms with Crippen molar-refractivity contribution in [2.24, 2.45) is 13.0 Å². The van der Waals surface area contributed by atoms with Crippen LogP contribution in [0.5, 0.6) is 5.88 Å². The third-order valence-corrected chi connectivity index (χ3v) is 7.56. The molecule has 12 heteroatoms. The number of likely N-dealkylation sites (N-methyl/N-ethyl adjacent to an activating group) is 1. The average Bonchev–Trinajstić information content (AvgIpc) is 3.62. The fraction of sp³-hybridized carbons (Fsp3) is 0.414. The summed E-state index contributed by atoms with van der Waals surface area (Å²) in [5.74, 6) is -0.697. The summed E-state index contributed by atoms with van der Waals surface area (Å²) >= 11 is 0. The van der Waals surface area contributed by atoms with Gasteiger partial charge in [-0.15, -0.1) is 0 Å². The number of nitrogens with one attached hydrogen (secondary N) is 1. The van der Waals surface area contributed by atoms with Gasteiger partial charge in [-0.05, 0) is 57.5 Å². The monoisotopic (exact) mass is 573 g/mol. The average molecular weight is 574 g/mol. The lowest BCUT2D eigenvalue weighted by Gasteiger charge is -2.25. The molecule has 2 aliphatic rings. The summed E-state index contributed by atoms with van der Waals surface area (Å²) in [7, 11) is 5.13. The standard InChI is InChI=1S/C29H31F4N5O3/c1-36(2)19-8-9-38(14-19)25-12-23(30)20(18-6-7-26(34-13-18)41-16-17-4-5-17)10-24(25)35-28(40)21-15-37(3)27(39)11-22(21)29(31,32)33/h6-7,10-13,15,17,19H,4-5,8-9,14,16H2,1-3H3,(H,35,40)/t19-/m0/s1. The van der Waals surface area contributed by atoms with Gasteiger partial charge in [0.15, 0.2) is 0 Å². The first-order valence-corrected chi connectivity index (χ1v) is 13.3. The van der Waals surface area contributed by atoms with Crippen molar-refractivity contribution in [1.82, 2.24) is 14.5 Å². The molecule has 0 bridgehead atoms. The lowest BCUT2D eigenvalue weighted by atomic mass is 10.0. The van der Waals surface area contributed by atoms with Crippen molar-refractivity contribution < 1.29 is 27.1 Å². The fourth-order valence-corrected chi connectivity index (χ4v) is 4.88. The third-order valence-electron chi connectivity index (χ3n) is 7.56. The van der Waals surface area contributed by atoms with E-state index in [-0.39, 0.29) is 17.3 Å². The maximum absolute atomic E-state index is 15.6. The van der Waals surface area contributed by atoms with Crippen LogP contribution in [0.15, 0.2) is 47.5 Å². The predicted octanol–water partition coefficient (Wildman–Crippen LogP) is 4.79. The molecule has 2 aromatic heterocycles. The second kappa shape index (κ2) is 11.2. The Kier molecular flexibility index (Phi) is 7.78. The quantitative estimate of drug-likeness (QED) is 0.391. The molecule has 1 amide bonds. The van der Waals surface area contributed by atoms with Crippen molar-refractivity contribution >= 4 is 17.3 Å². The van der Waals surface area contributed by atoms with Crippen LogP contribution in [0.25, 0.3) is 11.1 Å². The van der Waals surface area contributed by atoms with Gasteiger partial charge in [-0.3, -0.25) is 9.59 Å². The molecule has 3 aromatic rings. The molecule has 2 fully saturated rings. The van der Waals surface area contributed by atoms with Crippen LogP contribution >= 0.6 is 0 Å². The first kappa shape index (κ1) is 28.6. The Bertz CT molecular complexity index is 1500. The van der Waals surface area contributed by atoms with Crippen LogP contribution in [0.2, 0.25) is 0 Å². The van der Waals surface area contributed by atoms with Crippen molar-refractivity contribution in [3.05, 3.63) is 70.0 Å². The number of carbonyl (C=O) groups is 1. The number of nitrogens with zero attached hydrogens (tertiary/aromatic N) is 4. The minimum atomic E-state index is -4.93. The summed E-state index contributed by atoms with van der Waals surface area (Å²) in [6.45, 7) is 1.67. The number of pyridine rings is 2. The number of carbonyl (C=O) groups excluding carboxylic acids is 1. The van der Waals surface area contributed by atoms with Crippen LogP contribution in [0.3, 0.4) is 0 Å². The molecule has 1 atom stereocenters. The van der Waals surface area contributed by atoms with Crippen LogP contribution < -0.4 is 20.5 Å². The van der Waals surface area contributed by atoms with E-state index >= 15 is 4.39 Å². The van der Waals surface area contributed by atoms with Crippen LogP contribution in [-0.4, -0.2) is 60.2 Å². The smallest absolute Gasteiger partial charge is 0.417 e. The highest BCUT2D eigenvalue weighted by atomic mass is 19.4. The lowest BCUT2D eigenvalue weighted by Crippen LogP contribution is -2.32. The van der Waals surface area contributed by atoms with Gasteiger partial charge in [0.2, 0.25) is 5.88 Å². The highest BCUT2D eigenvalue weighted by Gasteiger charge is 2.37. The molecule has 8 nitrogen and oxygen atoms in total. The minimum absolute atomic E-state index is 0.116. The largest absolute Gasteiger partial charge is 0.477 e. The van der Waals surface area contributed by atoms with E-state index in [0.717, 1.165) is 30.0 Å². The van der Waals surface area contributed by atoms with Crippen LogP contribution in [0, 0.1) is 11.7 Å². The number of hydrogen-bond acceptors (Lipinski definition) is 6. The highest BCUT2D eigenvalue weighted by molar-refractivity contribution is 6.07. The Balaban J connectivity index is 1.52. The van der Waals surface area contributed by atoms with Gasteiger partial charge in [-0.1, -0.05) is 0 Å². The molecule has 1 saturated carbocycles. The Morgan fingerprint density at radius 3 is 2.54 bits per heavy atom. The number of ether oxygens (including phenoxy) is 1. The summed E-state index contributed by atoms with van der Waals surface area (Å²) in [6.07, 6.45) is 0.417. The first-order chi connectivity index (χ1) is 19.4. The van der Waals surface area contributed by atoms with E-state index in [1.54, 1.807) is 12.1 Å². The molecular formula is C29H31F4N5O3. The van der Waals surface area contributed by atoms with Gasteiger partial charge in [0.25, 0.3) is 11.5 Å². The molecule has 218 valence electrons. The zero-order chi connectivity index (χ0) is 29.5. The number of aromatic nitrogens is 2. The van der Waals surface area contributed by atoms with Gasteiger partial charge in [0.1, 0.15) is 5.82 Å². The zero-order valence-electron chi connectivity index (χ0n) is 23.0. The predicted molar refractivity (Wildman–Crippen MR) is 147 cm³/mol. The van der Waals surface area contributed by atoms with Crippen LogP contribution in [-0.2, 0) is 13.2 Å². The van der Waals surface area contributed by atoms with E-state index in [4.69, 9.17) is 4.74 Å². The summed E-state index contributed by atoms with van der Waals surface area (Å²) in [5, 5.41) is 2.57. The van der Waals surface area contributed by atoms with E-state index in [9.17, 15) is 22.8 Å². The van der Waals surface area contributed by atoms with Crippen molar-refractivity contribution in [2.45, 2.75) is 31.5 Å². The second-order valence-electron chi connectivity index (χ2n) is 10.8. The van der Waals surface area contributed by atoms with Crippen molar-refractivity contribution in [3.63, 3.8) is 0 Å². The van der Waals surface area contributed by atoms with Gasteiger partial charge in [0, 0.05) is 61.8 Å². The number of anilines is 2. The molecule has 1 saturated heterocycles. The Hall–Kier alpha value is -3.93. The Morgan fingerprint density at radius 1 is 1.17 bits per heavy atom. The lowest BCUT2D eigenvalue weighted by molar-refractivity contribution is -0.138. The molecule has 1 aliphatic carbocycles. The normalized spacial score (nSPS) is 17.3. The van der Waals surface area contributed by atoms with Gasteiger partial charge >= 0.3 is 6.18 Å².